The standard InChI is InChI=1S/C33H60N2O21Si/c1-12(39)34-18-22(43)20(41)14(8-36)51-31(18)50-11-17-29(23(44)19(35-13(2)40)30(54-17)49-6-7-57(3,4)5)56-33-27(48)25(46)28(16(10-38)53-33)55-32-26(47)24(45)21(42)15(9-37)52-32/h14-33,36-38,41-48H,6-11H2,1-5H3,(H,34,39)(H,35,40)/t14-,15-,16-,17-,18-,19-,20-,21+,22-,23-,24+,25-,26-,27-,28+,29+,30+,31-,32+,33+/m1/s1. The molecule has 4 aliphatic heterocycles. The molecular formula is C33H60N2O21Si. The lowest BCUT2D eigenvalue weighted by Crippen LogP contribution is -2.69. The van der Waals surface area contributed by atoms with E-state index in [1.807, 2.05) is 0 Å². The van der Waals surface area contributed by atoms with Crippen molar-refractivity contribution in [2.45, 2.75) is 162 Å². The van der Waals surface area contributed by atoms with Gasteiger partial charge >= 0.3 is 0 Å². The molecule has 24 heteroatoms. The zero-order valence-electron chi connectivity index (χ0n) is 32.3. The molecule has 4 heterocycles. The third-order valence-electron chi connectivity index (χ3n) is 10.1. The number of aliphatic hydroxyl groups is 11. The summed E-state index contributed by atoms with van der Waals surface area (Å²) in [5.41, 5.74) is 0. The van der Waals surface area contributed by atoms with Crippen molar-refractivity contribution in [2.24, 2.45) is 0 Å². The molecule has 0 saturated carbocycles. The molecule has 0 aromatic carbocycles. The lowest BCUT2D eigenvalue weighted by Gasteiger charge is -2.49. The fourth-order valence-electron chi connectivity index (χ4n) is 6.86. The Hall–Kier alpha value is -1.60. The van der Waals surface area contributed by atoms with E-state index in [1.165, 1.54) is 6.92 Å². The number of hydrogen-bond acceptors (Lipinski definition) is 21. The second kappa shape index (κ2) is 20.8. The Morgan fingerprint density at radius 3 is 1.46 bits per heavy atom. The highest BCUT2D eigenvalue weighted by atomic mass is 28.3. The zero-order chi connectivity index (χ0) is 42.5. The highest BCUT2D eigenvalue weighted by Crippen LogP contribution is 2.34. The second-order valence-electron chi connectivity index (χ2n) is 15.8. The average Bonchev–Trinajstić information content (AvgIpc) is 3.14. The molecule has 4 fully saturated rings. The molecule has 0 unspecified atom stereocenters. The number of carbonyl (C=O) groups excluding carboxylic acids is 2. The molecule has 0 aliphatic carbocycles. The van der Waals surface area contributed by atoms with Crippen LogP contribution in [0.3, 0.4) is 0 Å². The molecule has 2 amide bonds. The number of hydrogen-bond donors (Lipinski definition) is 13. The highest BCUT2D eigenvalue weighted by Gasteiger charge is 2.55. The monoisotopic (exact) mass is 848 g/mol. The van der Waals surface area contributed by atoms with Gasteiger partial charge in [-0.15, -0.1) is 0 Å². The van der Waals surface area contributed by atoms with E-state index in [9.17, 15) is 65.8 Å². The van der Waals surface area contributed by atoms with Crippen LogP contribution in [0, 0.1) is 0 Å². The molecule has 0 bridgehead atoms. The SMILES string of the molecule is CC(=O)N[C@H]1[C@@H](OCC[Si](C)(C)C)O[C@H](CO[C@@H]2O[C@H](CO)[C@@H](O)[C@H](O)[C@H]2NC(C)=O)[C@H](O[C@@H]2O[C@H](CO)[C@H](O[C@@H]3O[C@H](CO)[C@H](O)[C@H](O)[C@H]3O)[C@H](O)[C@H]2O)[C@@H]1O. The van der Waals surface area contributed by atoms with E-state index in [0.717, 1.165) is 6.92 Å². The van der Waals surface area contributed by atoms with Gasteiger partial charge in [0.05, 0.1) is 26.4 Å². The Morgan fingerprint density at radius 1 is 0.526 bits per heavy atom. The Kier molecular flexibility index (Phi) is 17.5. The lowest BCUT2D eigenvalue weighted by atomic mass is 9.94. The maximum atomic E-state index is 12.3. The summed E-state index contributed by atoms with van der Waals surface area (Å²) in [5, 5.41) is 121. The van der Waals surface area contributed by atoms with Gasteiger partial charge in [-0.25, -0.2) is 0 Å². The van der Waals surface area contributed by atoms with Gasteiger partial charge in [0.2, 0.25) is 11.8 Å². The molecule has 0 aromatic heterocycles. The Morgan fingerprint density at radius 2 is 0.947 bits per heavy atom. The molecule has 13 N–H and O–H groups in total. The smallest absolute Gasteiger partial charge is 0.217 e. The van der Waals surface area contributed by atoms with Crippen molar-refractivity contribution in [3.63, 3.8) is 0 Å². The third-order valence-corrected chi connectivity index (χ3v) is 11.8. The van der Waals surface area contributed by atoms with Crippen LogP contribution < -0.4 is 10.6 Å². The molecule has 57 heavy (non-hydrogen) atoms. The van der Waals surface area contributed by atoms with Crippen molar-refractivity contribution in [1.82, 2.24) is 10.6 Å². The van der Waals surface area contributed by atoms with Gasteiger partial charge in [0, 0.05) is 28.5 Å². The summed E-state index contributed by atoms with van der Waals surface area (Å²) in [5.74, 6) is -1.22. The van der Waals surface area contributed by atoms with Gasteiger partial charge in [-0.3, -0.25) is 9.59 Å². The maximum absolute atomic E-state index is 12.3. The van der Waals surface area contributed by atoms with Gasteiger partial charge < -0.3 is 105 Å². The second-order valence-corrected chi connectivity index (χ2v) is 21.4. The summed E-state index contributed by atoms with van der Waals surface area (Å²) in [6, 6.07) is -2.02. The van der Waals surface area contributed by atoms with Gasteiger partial charge in [0.1, 0.15) is 97.5 Å². The molecule has 0 radical (unpaired) electrons. The third kappa shape index (κ3) is 11.8. The predicted octanol–water partition coefficient (Wildman–Crippen LogP) is -7.10. The largest absolute Gasteiger partial charge is 0.394 e. The zero-order valence-corrected chi connectivity index (χ0v) is 33.3. The first-order valence-electron chi connectivity index (χ1n) is 18.7. The first-order chi connectivity index (χ1) is 26.7. The van der Waals surface area contributed by atoms with E-state index >= 15 is 0 Å². The molecule has 23 nitrogen and oxygen atoms in total. The van der Waals surface area contributed by atoms with E-state index in [2.05, 4.69) is 30.3 Å². The summed E-state index contributed by atoms with van der Waals surface area (Å²) >= 11 is 0. The minimum atomic E-state index is -2.03. The molecular weight excluding hydrogens is 788 g/mol. The number of carbonyl (C=O) groups is 2. The summed E-state index contributed by atoms with van der Waals surface area (Å²) in [4.78, 5) is 24.4. The molecule has 0 aromatic rings. The van der Waals surface area contributed by atoms with Crippen LogP contribution in [0.15, 0.2) is 0 Å². The molecule has 0 spiro atoms. The topological polar surface area (TPSA) is 355 Å². The first-order valence-corrected chi connectivity index (χ1v) is 22.4. The van der Waals surface area contributed by atoms with Gasteiger partial charge in [0.15, 0.2) is 25.2 Å². The van der Waals surface area contributed by atoms with Gasteiger partial charge in [-0.2, -0.15) is 0 Å². The minimum Gasteiger partial charge on any atom is -0.394 e. The Bertz CT molecular complexity index is 1280. The van der Waals surface area contributed by atoms with Crippen LogP contribution in [0.4, 0.5) is 0 Å². The van der Waals surface area contributed by atoms with E-state index in [-0.39, 0.29) is 6.61 Å². The van der Waals surface area contributed by atoms with Crippen LogP contribution in [0.5, 0.6) is 0 Å². The Labute approximate surface area is 329 Å². The number of ether oxygens (including phenoxy) is 8. The maximum Gasteiger partial charge on any atom is 0.217 e. The van der Waals surface area contributed by atoms with Crippen molar-refractivity contribution >= 4 is 19.9 Å². The molecule has 4 rings (SSSR count). The van der Waals surface area contributed by atoms with Gasteiger partial charge in [0.25, 0.3) is 0 Å². The molecule has 20 atom stereocenters. The van der Waals surface area contributed by atoms with Crippen LogP contribution in [0.1, 0.15) is 13.8 Å². The van der Waals surface area contributed by atoms with Crippen LogP contribution in [-0.2, 0) is 47.5 Å². The Balaban J connectivity index is 1.61. The van der Waals surface area contributed by atoms with Crippen molar-refractivity contribution in [3.05, 3.63) is 0 Å². The van der Waals surface area contributed by atoms with Crippen LogP contribution in [-0.4, -0.2) is 232 Å². The van der Waals surface area contributed by atoms with Crippen molar-refractivity contribution in [3.8, 4) is 0 Å². The van der Waals surface area contributed by atoms with Gasteiger partial charge in [-0.05, 0) is 6.04 Å². The van der Waals surface area contributed by atoms with Crippen molar-refractivity contribution in [1.29, 1.82) is 0 Å². The fraction of sp³-hybridized carbons (Fsp3) is 0.939. The highest BCUT2D eigenvalue weighted by molar-refractivity contribution is 6.76. The molecule has 332 valence electrons. The van der Waals surface area contributed by atoms with E-state index < -0.39 is 169 Å². The minimum absolute atomic E-state index is 0.158. The van der Waals surface area contributed by atoms with Crippen molar-refractivity contribution < 1.29 is 104 Å². The van der Waals surface area contributed by atoms with Crippen LogP contribution in [0.25, 0.3) is 0 Å². The van der Waals surface area contributed by atoms with Crippen LogP contribution >= 0.6 is 0 Å². The average molecular weight is 849 g/mol. The van der Waals surface area contributed by atoms with Crippen molar-refractivity contribution in [2.75, 3.05) is 33.0 Å². The molecule has 4 aliphatic rings. The van der Waals surface area contributed by atoms with E-state index in [1.54, 1.807) is 0 Å². The summed E-state index contributed by atoms with van der Waals surface area (Å²) < 4.78 is 46.6. The lowest BCUT2D eigenvalue weighted by molar-refractivity contribution is -0.376. The number of nitrogens with one attached hydrogen (secondary N) is 2. The fourth-order valence-corrected chi connectivity index (χ4v) is 7.59. The predicted molar refractivity (Wildman–Crippen MR) is 189 cm³/mol. The summed E-state index contributed by atoms with van der Waals surface area (Å²) in [7, 11) is -1.67. The van der Waals surface area contributed by atoms with Crippen LogP contribution in [0.2, 0.25) is 25.7 Å². The first kappa shape index (κ1) is 48.1. The van der Waals surface area contributed by atoms with E-state index in [0.29, 0.717) is 6.04 Å². The number of rotatable bonds is 16. The summed E-state index contributed by atoms with van der Waals surface area (Å²) in [6.07, 6.45) is -30.0. The van der Waals surface area contributed by atoms with E-state index in [4.69, 9.17) is 37.9 Å². The summed E-state index contributed by atoms with van der Waals surface area (Å²) in [6.45, 7) is 5.76. The van der Waals surface area contributed by atoms with Gasteiger partial charge in [-0.1, -0.05) is 19.6 Å². The quantitative estimate of drug-likeness (QED) is 0.0642. The molecule has 4 saturated heterocycles. The normalized spacial score (nSPS) is 44.4. The number of aliphatic hydroxyl groups excluding tert-OH is 11. The number of amides is 2.